The number of aryl methyl sites for hydroxylation is 1. The zero-order valence-electron chi connectivity index (χ0n) is 13.3. The van der Waals surface area contributed by atoms with Crippen LogP contribution in [-0.2, 0) is 13.0 Å². The van der Waals surface area contributed by atoms with Crippen LogP contribution >= 0.6 is 0 Å². The van der Waals surface area contributed by atoms with Crippen LogP contribution in [0.3, 0.4) is 0 Å². The van der Waals surface area contributed by atoms with Crippen LogP contribution in [0.15, 0.2) is 30.6 Å². The Bertz CT molecular complexity index is 708. The van der Waals surface area contributed by atoms with Gasteiger partial charge in [0.15, 0.2) is 0 Å². The number of rotatable bonds is 6. The first-order valence-corrected chi connectivity index (χ1v) is 7.47. The average molecular weight is 315 g/mol. The lowest BCUT2D eigenvalue weighted by molar-refractivity contribution is 0.0999. The maximum Gasteiger partial charge on any atom is 0.319 e. The normalized spacial score (nSPS) is 10.3. The molecule has 7 heteroatoms. The van der Waals surface area contributed by atoms with Gasteiger partial charge in [-0.1, -0.05) is 13.0 Å². The number of urea groups is 1. The van der Waals surface area contributed by atoms with Gasteiger partial charge in [-0.2, -0.15) is 0 Å². The molecular weight excluding hydrogens is 294 g/mol. The molecule has 0 bridgehead atoms. The van der Waals surface area contributed by atoms with Gasteiger partial charge >= 0.3 is 6.03 Å². The molecule has 0 atom stereocenters. The molecule has 0 aliphatic rings. The first-order chi connectivity index (χ1) is 11.0. The van der Waals surface area contributed by atoms with Crippen LogP contribution in [0, 0.1) is 6.92 Å². The molecule has 1 aromatic heterocycles. The van der Waals surface area contributed by atoms with Crippen molar-refractivity contribution in [2.45, 2.75) is 26.8 Å². The van der Waals surface area contributed by atoms with Crippen LogP contribution < -0.4 is 16.4 Å². The molecule has 1 heterocycles. The molecule has 4 N–H and O–H groups in total. The molecule has 1 aromatic carbocycles. The van der Waals surface area contributed by atoms with E-state index in [2.05, 4.69) is 15.6 Å². The Morgan fingerprint density at radius 1 is 1.35 bits per heavy atom. The highest BCUT2D eigenvalue weighted by atomic mass is 16.2. The van der Waals surface area contributed by atoms with Crippen LogP contribution in [0.2, 0.25) is 0 Å². The van der Waals surface area contributed by atoms with Gasteiger partial charge in [-0.3, -0.25) is 4.79 Å². The highest BCUT2D eigenvalue weighted by molar-refractivity contribution is 5.98. The Morgan fingerprint density at radius 3 is 2.83 bits per heavy atom. The lowest BCUT2D eigenvalue weighted by Crippen LogP contribution is -2.32. The number of imidazole rings is 1. The van der Waals surface area contributed by atoms with E-state index in [0.29, 0.717) is 29.9 Å². The zero-order chi connectivity index (χ0) is 16.8. The fourth-order valence-electron chi connectivity index (χ4n) is 2.35. The molecule has 3 amide bonds. The summed E-state index contributed by atoms with van der Waals surface area (Å²) in [6.45, 7) is 4.91. The minimum Gasteiger partial charge on any atom is -0.366 e. The van der Waals surface area contributed by atoms with Crippen LogP contribution in [0.5, 0.6) is 0 Å². The van der Waals surface area contributed by atoms with Gasteiger partial charge in [-0.05, 0) is 24.6 Å². The standard InChI is InChI=1S/C16H21N5O2/c1-3-14-18-7-9-21(14)10-8-19-16(23)20-13-6-4-5-12(11(13)2)15(17)22/h4-7,9H,3,8,10H2,1-2H3,(H2,17,22)(H2,19,20,23). The number of hydrogen-bond donors (Lipinski definition) is 3. The molecule has 23 heavy (non-hydrogen) atoms. The molecule has 0 unspecified atom stereocenters. The second-order valence-corrected chi connectivity index (χ2v) is 5.11. The summed E-state index contributed by atoms with van der Waals surface area (Å²) < 4.78 is 2.00. The predicted octanol–water partition coefficient (Wildman–Crippen LogP) is 1.67. The van der Waals surface area contributed by atoms with Crippen molar-refractivity contribution in [3.05, 3.63) is 47.5 Å². The lowest BCUT2D eigenvalue weighted by Gasteiger charge is -2.12. The largest absolute Gasteiger partial charge is 0.366 e. The van der Waals surface area contributed by atoms with Crippen molar-refractivity contribution < 1.29 is 9.59 Å². The van der Waals surface area contributed by atoms with Crippen molar-refractivity contribution in [2.24, 2.45) is 5.73 Å². The van der Waals surface area contributed by atoms with Gasteiger partial charge < -0.3 is 20.9 Å². The molecule has 7 nitrogen and oxygen atoms in total. The Kier molecular flexibility index (Phi) is 5.35. The van der Waals surface area contributed by atoms with Crippen molar-refractivity contribution in [1.29, 1.82) is 0 Å². The summed E-state index contributed by atoms with van der Waals surface area (Å²) in [6.07, 6.45) is 4.48. The number of benzene rings is 1. The molecule has 0 saturated heterocycles. The van der Waals surface area contributed by atoms with Crippen LogP contribution in [0.1, 0.15) is 28.7 Å². The van der Waals surface area contributed by atoms with Crippen LogP contribution in [0.25, 0.3) is 0 Å². The van der Waals surface area contributed by atoms with Gasteiger partial charge in [0.05, 0.1) is 0 Å². The minimum absolute atomic E-state index is 0.326. The van der Waals surface area contributed by atoms with E-state index in [1.54, 1.807) is 31.3 Å². The fourth-order valence-corrected chi connectivity index (χ4v) is 2.35. The summed E-state index contributed by atoms with van der Waals surface area (Å²) in [4.78, 5) is 27.5. The molecule has 2 aromatic rings. The first kappa shape index (κ1) is 16.5. The molecule has 0 spiro atoms. The first-order valence-electron chi connectivity index (χ1n) is 7.47. The van der Waals surface area contributed by atoms with E-state index in [9.17, 15) is 9.59 Å². The summed E-state index contributed by atoms with van der Waals surface area (Å²) in [5.74, 6) is 0.468. The summed E-state index contributed by atoms with van der Waals surface area (Å²) in [5.41, 5.74) is 6.91. The maximum absolute atomic E-state index is 12.0. The van der Waals surface area contributed by atoms with E-state index in [-0.39, 0.29) is 6.03 Å². The third-order valence-corrected chi connectivity index (χ3v) is 3.60. The fraction of sp³-hybridized carbons (Fsp3) is 0.312. The molecule has 0 aliphatic heterocycles. The van der Waals surface area contributed by atoms with Crippen molar-refractivity contribution >= 4 is 17.6 Å². The Balaban J connectivity index is 1.90. The third kappa shape index (κ3) is 4.09. The Hall–Kier alpha value is -2.83. The van der Waals surface area contributed by atoms with Gasteiger partial charge in [0.25, 0.3) is 0 Å². The molecule has 0 radical (unpaired) electrons. The number of primary amides is 1. The van der Waals surface area contributed by atoms with Crippen molar-refractivity contribution in [1.82, 2.24) is 14.9 Å². The number of nitrogens with two attached hydrogens (primary N) is 1. The minimum atomic E-state index is -0.515. The van der Waals surface area contributed by atoms with Crippen molar-refractivity contribution in [2.75, 3.05) is 11.9 Å². The topological polar surface area (TPSA) is 102 Å². The number of carbonyl (C=O) groups is 2. The number of hydrogen-bond acceptors (Lipinski definition) is 3. The number of nitrogens with zero attached hydrogens (tertiary/aromatic N) is 2. The smallest absolute Gasteiger partial charge is 0.319 e. The number of amides is 3. The van der Waals surface area contributed by atoms with E-state index in [1.165, 1.54) is 0 Å². The number of carbonyl (C=O) groups excluding carboxylic acids is 2. The average Bonchev–Trinajstić information content (AvgIpc) is 2.96. The molecule has 0 aliphatic carbocycles. The lowest BCUT2D eigenvalue weighted by atomic mass is 10.1. The Labute approximate surface area is 134 Å². The molecule has 0 fully saturated rings. The van der Waals surface area contributed by atoms with E-state index >= 15 is 0 Å². The zero-order valence-corrected chi connectivity index (χ0v) is 13.3. The van der Waals surface area contributed by atoms with E-state index < -0.39 is 5.91 Å². The SMILES string of the molecule is CCc1nccn1CCNC(=O)Nc1cccc(C(N)=O)c1C. The van der Waals surface area contributed by atoms with Gasteiger partial charge in [0, 0.05) is 43.2 Å². The highest BCUT2D eigenvalue weighted by Gasteiger charge is 2.10. The third-order valence-electron chi connectivity index (χ3n) is 3.60. The predicted molar refractivity (Wildman–Crippen MR) is 88.3 cm³/mol. The summed E-state index contributed by atoms with van der Waals surface area (Å²) in [7, 11) is 0. The second kappa shape index (κ2) is 7.44. The quantitative estimate of drug-likeness (QED) is 0.755. The van der Waals surface area contributed by atoms with E-state index in [0.717, 1.165) is 12.2 Å². The van der Waals surface area contributed by atoms with Gasteiger partial charge in [0.2, 0.25) is 5.91 Å². The molecular formula is C16H21N5O2. The van der Waals surface area contributed by atoms with Crippen molar-refractivity contribution in [3.63, 3.8) is 0 Å². The van der Waals surface area contributed by atoms with E-state index in [4.69, 9.17) is 5.73 Å². The Morgan fingerprint density at radius 2 is 2.13 bits per heavy atom. The van der Waals surface area contributed by atoms with Crippen molar-refractivity contribution in [3.8, 4) is 0 Å². The number of nitrogens with one attached hydrogen (secondary N) is 2. The number of anilines is 1. The van der Waals surface area contributed by atoms with Crippen LogP contribution in [-0.4, -0.2) is 28.0 Å². The highest BCUT2D eigenvalue weighted by Crippen LogP contribution is 2.18. The van der Waals surface area contributed by atoms with Gasteiger partial charge in [0.1, 0.15) is 5.82 Å². The van der Waals surface area contributed by atoms with Gasteiger partial charge in [-0.25, -0.2) is 9.78 Å². The molecule has 2 rings (SSSR count). The van der Waals surface area contributed by atoms with Gasteiger partial charge in [-0.15, -0.1) is 0 Å². The maximum atomic E-state index is 12.0. The summed E-state index contributed by atoms with van der Waals surface area (Å²) >= 11 is 0. The number of aromatic nitrogens is 2. The van der Waals surface area contributed by atoms with E-state index in [1.807, 2.05) is 17.7 Å². The summed E-state index contributed by atoms with van der Waals surface area (Å²) in [6, 6.07) is 4.72. The summed E-state index contributed by atoms with van der Waals surface area (Å²) in [5, 5.41) is 5.51. The monoisotopic (exact) mass is 315 g/mol. The molecule has 0 saturated carbocycles. The van der Waals surface area contributed by atoms with Crippen LogP contribution in [0.4, 0.5) is 10.5 Å². The second-order valence-electron chi connectivity index (χ2n) is 5.11. The molecule has 122 valence electrons.